The molecule has 20 heavy (non-hydrogen) atoms. The van der Waals surface area contributed by atoms with Crippen LogP contribution in [-0.2, 0) is 0 Å². The summed E-state index contributed by atoms with van der Waals surface area (Å²) in [6, 6.07) is 14.6. The molecule has 2 aromatic rings. The lowest BCUT2D eigenvalue weighted by Crippen LogP contribution is -2.11. The van der Waals surface area contributed by atoms with Crippen LogP contribution >= 0.6 is 0 Å². The van der Waals surface area contributed by atoms with Crippen molar-refractivity contribution in [3.8, 4) is 11.8 Å². The van der Waals surface area contributed by atoms with Crippen LogP contribution in [0.2, 0.25) is 0 Å². The van der Waals surface area contributed by atoms with E-state index in [4.69, 9.17) is 5.11 Å². The second-order valence-corrected chi connectivity index (χ2v) is 4.31. The molecule has 0 heterocycles. The molecule has 2 aromatic carbocycles. The first-order valence-electron chi connectivity index (χ1n) is 6.27. The van der Waals surface area contributed by atoms with Crippen LogP contribution in [0.1, 0.15) is 21.5 Å². The smallest absolute Gasteiger partial charge is 0.255 e. The molecule has 0 radical (unpaired) electrons. The number of rotatable bonds is 2. The maximum atomic E-state index is 12.0. The van der Waals surface area contributed by atoms with Crippen LogP contribution in [0, 0.1) is 18.8 Å². The number of hydrogen-bond acceptors (Lipinski definition) is 2. The minimum Gasteiger partial charge on any atom is -0.384 e. The summed E-state index contributed by atoms with van der Waals surface area (Å²) in [6.07, 6.45) is 0. The zero-order chi connectivity index (χ0) is 14.4. The van der Waals surface area contributed by atoms with Crippen molar-refractivity contribution in [1.29, 1.82) is 0 Å². The van der Waals surface area contributed by atoms with Gasteiger partial charge in [0.25, 0.3) is 5.91 Å². The average molecular weight is 265 g/mol. The molecule has 3 nitrogen and oxygen atoms in total. The van der Waals surface area contributed by atoms with E-state index < -0.39 is 0 Å². The predicted octanol–water partition coefficient (Wildman–Crippen LogP) is 2.59. The summed E-state index contributed by atoms with van der Waals surface area (Å²) in [5, 5.41) is 11.6. The number of benzene rings is 2. The van der Waals surface area contributed by atoms with Crippen LogP contribution in [0.5, 0.6) is 0 Å². The number of hydrogen-bond donors (Lipinski definition) is 2. The summed E-state index contributed by atoms with van der Waals surface area (Å²) in [6.45, 7) is 1.75. The fourth-order valence-corrected chi connectivity index (χ4v) is 1.76. The molecule has 0 aliphatic carbocycles. The molecule has 1 amide bonds. The number of amides is 1. The third-order valence-electron chi connectivity index (χ3n) is 2.83. The molecule has 0 bridgehead atoms. The highest BCUT2D eigenvalue weighted by molar-refractivity contribution is 6.04. The fraction of sp³-hybridized carbons (Fsp3) is 0.118. The Labute approximate surface area is 118 Å². The molecule has 0 saturated carbocycles. The number of anilines is 1. The van der Waals surface area contributed by atoms with Gasteiger partial charge in [-0.25, -0.2) is 0 Å². The second-order valence-electron chi connectivity index (χ2n) is 4.31. The molecule has 0 aromatic heterocycles. The number of aryl methyl sites for hydroxylation is 1. The van der Waals surface area contributed by atoms with E-state index in [-0.39, 0.29) is 12.5 Å². The first-order valence-corrected chi connectivity index (χ1v) is 6.27. The van der Waals surface area contributed by atoms with Gasteiger partial charge >= 0.3 is 0 Å². The minimum atomic E-state index is -0.181. The summed E-state index contributed by atoms with van der Waals surface area (Å²) in [5.41, 5.74) is 3.09. The van der Waals surface area contributed by atoms with Crippen molar-refractivity contribution in [3.63, 3.8) is 0 Å². The number of aliphatic hydroxyl groups excluding tert-OH is 1. The summed E-state index contributed by atoms with van der Waals surface area (Å²) in [7, 11) is 0. The van der Waals surface area contributed by atoms with Gasteiger partial charge in [0.2, 0.25) is 0 Å². The summed E-state index contributed by atoms with van der Waals surface area (Å²) in [4.78, 5) is 12.0. The monoisotopic (exact) mass is 265 g/mol. The van der Waals surface area contributed by atoms with Gasteiger partial charge in [-0.1, -0.05) is 36.1 Å². The Balaban J connectivity index is 2.20. The second kappa shape index (κ2) is 6.55. The van der Waals surface area contributed by atoms with Crippen molar-refractivity contribution in [2.45, 2.75) is 6.92 Å². The maximum absolute atomic E-state index is 12.0. The van der Waals surface area contributed by atoms with Crippen molar-refractivity contribution in [1.82, 2.24) is 0 Å². The summed E-state index contributed by atoms with van der Waals surface area (Å²) in [5.74, 6) is 5.32. The van der Waals surface area contributed by atoms with Crippen molar-refractivity contribution in [3.05, 3.63) is 65.2 Å². The molecule has 0 fully saturated rings. The predicted molar refractivity (Wildman–Crippen MR) is 79.5 cm³/mol. The van der Waals surface area contributed by atoms with Crippen LogP contribution in [0.25, 0.3) is 0 Å². The number of carbonyl (C=O) groups is 1. The van der Waals surface area contributed by atoms with E-state index in [1.54, 1.807) is 18.2 Å². The summed E-state index contributed by atoms with van der Waals surface area (Å²) >= 11 is 0. The molecule has 0 aliphatic rings. The van der Waals surface area contributed by atoms with Crippen molar-refractivity contribution in [2.75, 3.05) is 11.9 Å². The lowest BCUT2D eigenvalue weighted by molar-refractivity contribution is 0.102. The highest BCUT2D eigenvalue weighted by atomic mass is 16.2. The standard InChI is InChI=1S/C17H15NO2/c1-13-9-10-16(12-15(13)8-5-11-19)18-17(20)14-6-3-2-4-7-14/h2-4,6-7,9-10,12,19H,11H2,1H3,(H,18,20). The molecule has 3 heteroatoms. The molecule has 0 saturated heterocycles. The van der Waals surface area contributed by atoms with E-state index in [1.165, 1.54) is 0 Å². The Morgan fingerprint density at radius 2 is 1.95 bits per heavy atom. The van der Waals surface area contributed by atoms with Gasteiger partial charge in [0, 0.05) is 16.8 Å². The molecule has 2 N–H and O–H groups in total. The van der Waals surface area contributed by atoms with E-state index >= 15 is 0 Å². The quantitative estimate of drug-likeness (QED) is 0.820. The molecule has 0 unspecified atom stereocenters. The third-order valence-corrected chi connectivity index (χ3v) is 2.83. The van der Waals surface area contributed by atoms with Crippen molar-refractivity contribution < 1.29 is 9.90 Å². The van der Waals surface area contributed by atoms with Crippen LogP contribution in [-0.4, -0.2) is 17.6 Å². The van der Waals surface area contributed by atoms with Crippen LogP contribution in [0.3, 0.4) is 0 Å². The van der Waals surface area contributed by atoms with Gasteiger partial charge in [0.1, 0.15) is 6.61 Å². The Kier molecular flexibility index (Phi) is 4.54. The highest BCUT2D eigenvalue weighted by Gasteiger charge is 2.06. The van der Waals surface area contributed by atoms with Crippen LogP contribution in [0.15, 0.2) is 48.5 Å². The van der Waals surface area contributed by atoms with E-state index in [0.717, 1.165) is 11.1 Å². The van der Waals surface area contributed by atoms with Crippen molar-refractivity contribution >= 4 is 11.6 Å². The van der Waals surface area contributed by atoms with E-state index in [2.05, 4.69) is 17.2 Å². The van der Waals surface area contributed by atoms with Gasteiger partial charge in [0.15, 0.2) is 0 Å². The molecule has 100 valence electrons. The SMILES string of the molecule is Cc1ccc(NC(=O)c2ccccc2)cc1C#CCO. The first kappa shape index (κ1) is 13.9. The number of aliphatic hydroxyl groups is 1. The molecular weight excluding hydrogens is 250 g/mol. The van der Waals surface area contributed by atoms with Gasteiger partial charge in [-0.05, 0) is 36.8 Å². The molecular formula is C17H15NO2. The van der Waals surface area contributed by atoms with Gasteiger partial charge in [-0.2, -0.15) is 0 Å². The Morgan fingerprint density at radius 3 is 2.65 bits per heavy atom. The lowest BCUT2D eigenvalue weighted by Gasteiger charge is -2.07. The minimum absolute atomic E-state index is 0.157. The van der Waals surface area contributed by atoms with E-state index in [9.17, 15) is 4.79 Å². The zero-order valence-electron chi connectivity index (χ0n) is 11.2. The lowest BCUT2D eigenvalue weighted by atomic mass is 10.1. The van der Waals surface area contributed by atoms with E-state index in [1.807, 2.05) is 37.3 Å². The molecule has 2 rings (SSSR count). The summed E-state index contributed by atoms with van der Waals surface area (Å²) < 4.78 is 0. The number of nitrogens with one attached hydrogen (secondary N) is 1. The maximum Gasteiger partial charge on any atom is 0.255 e. The largest absolute Gasteiger partial charge is 0.384 e. The van der Waals surface area contributed by atoms with Gasteiger partial charge < -0.3 is 10.4 Å². The fourth-order valence-electron chi connectivity index (χ4n) is 1.76. The highest BCUT2D eigenvalue weighted by Crippen LogP contribution is 2.15. The molecule has 0 aliphatic heterocycles. The topological polar surface area (TPSA) is 49.3 Å². The van der Waals surface area contributed by atoms with Crippen molar-refractivity contribution in [2.24, 2.45) is 0 Å². The Morgan fingerprint density at radius 1 is 1.20 bits per heavy atom. The van der Waals surface area contributed by atoms with E-state index in [0.29, 0.717) is 11.3 Å². The normalized spacial score (nSPS) is 9.50. The Bertz CT molecular complexity index is 666. The molecule has 0 spiro atoms. The first-order chi connectivity index (χ1) is 9.70. The van der Waals surface area contributed by atoms with Gasteiger partial charge in [0.05, 0.1) is 0 Å². The van der Waals surface area contributed by atoms with Crippen LogP contribution in [0.4, 0.5) is 5.69 Å². The Hall–Kier alpha value is -2.57. The third kappa shape index (κ3) is 3.47. The van der Waals surface area contributed by atoms with Gasteiger partial charge in [-0.15, -0.1) is 0 Å². The van der Waals surface area contributed by atoms with Crippen LogP contribution < -0.4 is 5.32 Å². The number of carbonyl (C=O) groups excluding carboxylic acids is 1. The average Bonchev–Trinajstić information content (AvgIpc) is 2.48. The zero-order valence-corrected chi connectivity index (χ0v) is 11.2. The van der Waals surface area contributed by atoms with Gasteiger partial charge in [-0.3, -0.25) is 4.79 Å². The molecule has 0 atom stereocenters.